The minimum atomic E-state index is 0.493. The predicted molar refractivity (Wildman–Crippen MR) is 89.3 cm³/mol. The predicted octanol–water partition coefficient (Wildman–Crippen LogP) is 5.76. The second-order valence-corrected chi connectivity index (χ2v) is 5.84. The fourth-order valence-corrected chi connectivity index (χ4v) is 2.84. The SMILES string of the molecule is CCCc1cccc(-c2cccc(C(O)=C3CCC3)c2)c1. The summed E-state index contributed by atoms with van der Waals surface area (Å²) in [7, 11) is 0. The van der Waals surface area contributed by atoms with Gasteiger partial charge in [0, 0.05) is 5.56 Å². The van der Waals surface area contributed by atoms with Gasteiger partial charge in [0.05, 0.1) is 0 Å². The first-order valence-electron chi connectivity index (χ1n) is 7.88. The van der Waals surface area contributed by atoms with Crippen LogP contribution in [0.5, 0.6) is 0 Å². The molecule has 3 rings (SSSR count). The molecule has 0 bridgehead atoms. The molecule has 1 heteroatoms. The van der Waals surface area contributed by atoms with Gasteiger partial charge in [-0.15, -0.1) is 0 Å². The molecule has 0 saturated heterocycles. The van der Waals surface area contributed by atoms with Gasteiger partial charge in [0.1, 0.15) is 5.76 Å². The van der Waals surface area contributed by atoms with Crippen molar-refractivity contribution >= 4 is 5.76 Å². The molecule has 0 aromatic heterocycles. The summed E-state index contributed by atoms with van der Waals surface area (Å²) >= 11 is 0. The molecular formula is C20H22O. The van der Waals surface area contributed by atoms with Gasteiger partial charge >= 0.3 is 0 Å². The standard InChI is InChI=1S/C20H22O/c1-2-6-15-7-3-10-17(13-15)18-11-5-12-19(14-18)20(21)16-8-4-9-16/h3,5,7,10-14,21H,2,4,6,8-9H2,1H3. The first-order valence-corrected chi connectivity index (χ1v) is 7.88. The Labute approximate surface area is 127 Å². The molecule has 1 N–H and O–H groups in total. The van der Waals surface area contributed by atoms with Crippen LogP contribution in [-0.4, -0.2) is 5.11 Å². The fraction of sp³-hybridized carbons (Fsp3) is 0.300. The van der Waals surface area contributed by atoms with Crippen molar-refractivity contribution < 1.29 is 5.11 Å². The van der Waals surface area contributed by atoms with E-state index >= 15 is 0 Å². The van der Waals surface area contributed by atoms with Crippen molar-refractivity contribution in [1.82, 2.24) is 0 Å². The zero-order valence-corrected chi connectivity index (χ0v) is 12.6. The van der Waals surface area contributed by atoms with Crippen LogP contribution < -0.4 is 0 Å². The molecule has 1 aliphatic carbocycles. The van der Waals surface area contributed by atoms with Crippen LogP contribution in [0.3, 0.4) is 0 Å². The van der Waals surface area contributed by atoms with E-state index < -0.39 is 0 Å². The highest BCUT2D eigenvalue weighted by molar-refractivity contribution is 5.71. The Morgan fingerprint density at radius 3 is 2.38 bits per heavy atom. The Kier molecular flexibility index (Phi) is 4.10. The second kappa shape index (κ2) is 6.17. The zero-order valence-electron chi connectivity index (χ0n) is 12.6. The van der Waals surface area contributed by atoms with Crippen LogP contribution in [0.2, 0.25) is 0 Å². The first kappa shape index (κ1) is 13.9. The van der Waals surface area contributed by atoms with Crippen molar-refractivity contribution in [3.8, 4) is 11.1 Å². The topological polar surface area (TPSA) is 20.2 Å². The lowest BCUT2D eigenvalue weighted by molar-refractivity contribution is 0.486. The average Bonchev–Trinajstić information content (AvgIpc) is 2.46. The maximum atomic E-state index is 10.3. The van der Waals surface area contributed by atoms with E-state index in [0.717, 1.165) is 31.2 Å². The van der Waals surface area contributed by atoms with Gasteiger partial charge in [-0.05, 0) is 54.0 Å². The molecule has 0 aliphatic heterocycles. The third-order valence-electron chi connectivity index (χ3n) is 4.23. The Morgan fingerprint density at radius 2 is 1.71 bits per heavy atom. The van der Waals surface area contributed by atoms with Gasteiger partial charge in [-0.3, -0.25) is 0 Å². The summed E-state index contributed by atoms with van der Waals surface area (Å²) in [6.07, 6.45) is 5.57. The van der Waals surface area contributed by atoms with E-state index in [4.69, 9.17) is 0 Å². The molecule has 1 fully saturated rings. The molecule has 1 aliphatic rings. The van der Waals surface area contributed by atoms with E-state index in [-0.39, 0.29) is 0 Å². The third kappa shape index (κ3) is 3.02. The molecule has 0 spiro atoms. The molecule has 1 saturated carbocycles. The Hall–Kier alpha value is -2.02. The number of hydrogen-bond donors (Lipinski definition) is 1. The summed E-state index contributed by atoms with van der Waals surface area (Å²) in [5.74, 6) is 0.493. The monoisotopic (exact) mass is 278 g/mol. The summed E-state index contributed by atoms with van der Waals surface area (Å²) in [4.78, 5) is 0. The third-order valence-corrected chi connectivity index (χ3v) is 4.23. The van der Waals surface area contributed by atoms with Gasteiger partial charge in [-0.25, -0.2) is 0 Å². The van der Waals surface area contributed by atoms with Gasteiger partial charge in [0.2, 0.25) is 0 Å². The summed E-state index contributed by atoms with van der Waals surface area (Å²) < 4.78 is 0. The fourth-order valence-electron chi connectivity index (χ4n) is 2.84. The van der Waals surface area contributed by atoms with Crippen LogP contribution in [0.4, 0.5) is 0 Å². The summed E-state index contributed by atoms with van der Waals surface area (Å²) in [5.41, 5.74) is 5.93. The van der Waals surface area contributed by atoms with Crippen molar-refractivity contribution in [2.45, 2.75) is 39.0 Å². The largest absolute Gasteiger partial charge is 0.507 e. The number of hydrogen-bond acceptors (Lipinski definition) is 1. The molecule has 21 heavy (non-hydrogen) atoms. The van der Waals surface area contributed by atoms with Crippen molar-refractivity contribution in [3.05, 3.63) is 65.2 Å². The Bertz CT molecular complexity index is 661. The molecule has 0 unspecified atom stereocenters. The van der Waals surface area contributed by atoms with E-state index in [1.807, 2.05) is 12.1 Å². The van der Waals surface area contributed by atoms with Crippen LogP contribution in [-0.2, 0) is 6.42 Å². The van der Waals surface area contributed by atoms with Crippen molar-refractivity contribution in [2.24, 2.45) is 0 Å². The number of rotatable bonds is 4. The van der Waals surface area contributed by atoms with E-state index in [1.54, 1.807) is 0 Å². The van der Waals surface area contributed by atoms with Crippen molar-refractivity contribution in [1.29, 1.82) is 0 Å². The smallest absolute Gasteiger partial charge is 0.122 e. The van der Waals surface area contributed by atoms with Gasteiger partial charge in [-0.2, -0.15) is 0 Å². The molecule has 108 valence electrons. The molecular weight excluding hydrogens is 256 g/mol. The van der Waals surface area contributed by atoms with Gasteiger partial charge < -0.3 is 5.11 Å². The van der Waals surface area contributed by atoms with Crippen molar-refractivity contribution in [2.75, 3.05) is 0 Å². The number of aryl methyl sites for hydroxylation is 1. The lowest BCUT2D eigenvalue weighted by Crippen LogP contribution is -2.01. The normalized spacial score (nSPS) is 13.9. The first-order chi connectivity index (χ1) is 10.3. The zero-order chi connectivity index (χ0) is 14.7. The summed E-state index contributed by atoms with van der Waals surface area (Å²) in [5, 5.41) is 10.3. The molecule has 0 atom stereocenters. The van der Waals surface area contributed by atoms with Gasteiger partial charge in [-0.1, -0.05) is 55.8 Å². The Balaban J connectivity index is 1.94. The lowest BCUT2D eigenvalue weighted by Gasteiger charge is -2.19. The number of aliphatic hydroxyl groups is 1. The maximum Gasteiger partial charge on any atom is 0.122 e. The van der Waals surface area contributed by atoms with E-state index in [9.17, 15) is 5.11 Å². The van der Waals surface area contributed by atoms with Crippen LogP contribution in [0, 0.1) is 0 Å². The summed E-state index contributed by atoms with van der Waals surface area (Å²) in [6, 6.07) is 17.0. The van der Waals surface area contributed by atoms with Crippen LogP contribution >= 0.6 is 0 Å². The lowest BCUT2D eigenvalue weighted by atomic mass is 9.89. The quantitative estimate of drug-likeness (QED) is 0.705. The number of benzene rings is 2. The van der Waals surface area contributed by atoms with Crippen LogP contribution in [0.25, 0.3) is 16.9 Å². The van der Waals surface area contributed by atoms with Gasteiger partial charge in [0.25, 0.3) is 0 Å². The second-order valence-electron chi connectivity index (χ2n) is 5.84. The van der Waals surface area contributed by atoms with Crippen LogP contribution in [0.15, 0.2) is 54.1 Å². The van der Waals surface area contributed by atoms with Gasteiger partial charge in [0.15, 0.2) is 0 Å². The van der Waals surface area contributed by atoms with E-state index in [2.05, 4.69) is 43.3 Å². The molecule has 1 nitrogen and oxygen atoms in total. The highest BCUT2D eigenvalue weighted by atomic mass is 16.3. The molecule has 0 amide bonds. The van der Waals surface area contributed by atoms with E-state index in [1.165, 1.54) is 28.7 Å². The van der Waals surface area contributed by atoms with E-state index in [0.29, 0.717) is 5.76 Å². The highest BCUT2D eigenvalue weighted by Gasteiger charge is 2.15. The van der Waals surface area contributed by atoms with Crippen molar-refractivity contribution in [3.63, 3.8) is 0 Å². The molecule has 2 aromatic rings. The number of allylic oxidation sites excluding steroid dienone is 1. The molecule has 2 aromatic carbocycles. The maximum absolute atomic E-state index is 10.3. The summed E-state index contributed by atoms with van der Waals surface area (Å²) in [6.45, 7) is 2.20. The highest BCUT2D eigenvalue weighted by Crippen LogP contribution is 2.33. The van der Waals surface area contributed by atoms with Crippen LogP contribution in [0.1, 0.15) is 43.7 Å². The molecule has 0 heterocycles. The minimum Gasteiger partial charge on any atom is -0.507 e. The minimum absolute atomic E-state index is 0.493. The molecule has 0 radical (unpaired) electrons. The number of aliphatic hydroxyl groups excluding tert-OH is 1. The Morgan fingerprint density at radius 1 is 1.00 bits per heavy atom. The average molecular weight is 278 g/mol.